The number of nitrogens with zero attached hydrogens (tertiary/aromatic N) is 1. The van der Waals surface area contributed by atoms with Crippen LogP contribution in [0.25, 0.3) is 0 Å². The van der Waals surface area contributed by atoms with Gasteiger partial charge in [-0.25, -0.2) is 0 Å². The van der Waals surface area contributed by atoms with Crippen LogP contribution in [0.5, 0.6) is 0 Å². The van der Waals surface area contributed by atoms with Crippen molar-refractivity contribution in [2.45, 2.75) is 6.42 Å². The molecule has 0 saturated heterocycles. The van der Waals surface area contributed by atoms with Crippen LogP contribution in [-0.2, 0) is 14.9 Å². The molecule has 0 unspecified atom stereocenters. The summed E-state index contributed by atoms with van der Waals surface area (Å²) in [5, 5.41) is 0.301. The maximum atomic E-state index is 10.3. The molecule has 0 fully saturated rings. The van der Waals surface area contributed by atoms with Crippen LogP contribution in [0.4, 0.5) is 0 Å². The van der Waals surface area contributed by atoms with Gasteiger partial charge in [-0.1, -0.05) is 0 Å². The van der Waals surface area contributed by atoms with E-state index in [1.54, 1.807) is 19.0 Å². The molecule has 0 bridgehead atoms. The highest BCUT2D eigenvalue weighted by Gasteiger charge is 2.05. The van der Waals surface area contributed by atoms with E-state index in [0.717, 1.165) is 0 Å². The van der Waals surface area contributed by atoms with Crippen LogP contribution in [0.1, 0.15) is 6.42 Å². The quantitative estimate of drug-likeness (QED) is 0.418. The molecule has 0 aliphatic carbocycles. The minimum Gasteiger partial charge on any atom is -0.471 e. The Labute approximate surface area is 83.4 Å². The lowest BCUT2D eigenvalue weighted by Crippen LogP contribution is -2.23. The molecule has 0 aliphatic heterocycles. The molecule has 0 rings (SSSR count). The monoisotopic (exact) mass is 227 g/mol. The van der Waals surface area contributed by atoms with E-state index in [2.05, 4.69) is 0 Å². The summed E-state index contributed by atoms with van der Waals surface area (Å²) in [6.07, 6.45) is 0.229. The van der Waals surface area contributed by atoms with Gasteiger partial charge in [-0.2, -0.15) is 8.42 Å². The van der Waals surface area contributed by atoms with Crippen LogP contribution in [0.15, 0.2) is 0 Å². The third kappa shape index (κ3) is 7.94. The molecule has 0 aromatic rings. The Bertz CT molecular complexity index is 260. The Morgan fingerprint density at radius 1 is 1.54 bits per heavy atom. The van der Waals surface area contributed by atoms with Crippen LogP contribution < -0.4 is 0 Å². The van der Waals surface area contributed by atoms with Crippen molar-refractivity contribution >= 4 is 27.5 Å². The fourth-order valence-electron chi connectivity index (χ4n) is 0.530. The fourth-order valence-corrected chi connectivity index (χ4v) is 1.10. The van der Waals surface area contributed by atoms with Crippen molar-refractivity contribution in [2.24, 2.45) is 0 Å². The minimum absolute atomic E-state index is 0.191. The summed E-state index contributed by atoms with van der Waals surface area (Å²) in [5.41, 5.74) is 0. The molecular formula is C6H13NO4S2. The van der Waals surface area contributed by atoms with Gasteiger partial charge < -0.3 is 9.64 Å². The first-order valence-corrected chi connectivity index (χ1v) is 5.64. The van der Waals surface area contributed by atoms with E-state index in [0.29, 0.717) is 5.17 Å². The average molecular weight is 227 g/mol. The molecule has 5 nitrogen and oxygen atoms in total. The van der Waals surface area contributed by atoms with Gasteiger partial charge in [0, 0.05) is 14.1 Å². The van der Waals surface area contributed by atoms with E-state index in [4.69, 9.17) is 21.5 Å². The average Bonchev–Trinajstić information content (AvgIpc) is 1.95. The molecule has 13 heavy (non-hydrogen) atoms. The van der Waals surface area contributed by atoms with Crippen LogP contribution in [0.3, 0.4) is 0 Å². The normalized spacial score (nSPS) is 11.0. The summed E-state index contributed by atoms with van der Waals surface area (Å²) in [4.78, 5) is 1.60. The van der Waals surface area contributed by atoms with Gasteiger partial charge in [0.1, 0.15) is 0 Å². The highest BCUT2D eigenvalue weighted by molar-refractivity contribution is 7.85. The summed E-state index contributed by atoms with van der Waals surface area (Å²) in [6.45, 7) is 0.191. The molecule has 78 valence electrons. The number of thiocarbonyl (C=S) groups is 1. The molecule has 0 atom stereocenters. The summed E-state index contributed by atoms with van der Waals surface area (Å²) in [6, 6.07) is 0. The lowest BCUT2D eigenvalue weighted by molar-refractivity contribution is 0.268. The number of rotatable bonds is 4. The predicted molar refractivity (Wildman–Crippen MR) is 53.3 cm³/mol. The van der Waals surface area contributed by atoms with Gasteiger partial charge >= 0.3 is 0 Å². The smallest absolute Gasteiger partial charge is 0.264 e. The lowest BCUT2D eigenvalue weighted by atomic mass is 10.5. The highest BCUT2D eigenvalue weighted by atomic mass is 32.2. The molecule has 0 amide bonds. The first-order chi connectivity index (χ1) is 5.83. The highest BCUT2D eigenvalue weighted by Crippen LogP contribution is 1.92. The zero-order chi connectivity index (χ0) is 10.5. The molecule has 0 aliphatic rings. The predicted octanol–water partition coefficient (Wildman–Crippen LogP) is 0.127. The molecule has 0 spiro atoms. The Kier molecular flexibility index (Phi) is 5.19. The molecule has 0 heterocycles. The van der Waals surface area contributed by atoms with Crippen LogP contribution >= 0.6 is 12.2 Å². The zero-order valence-electron chi connectivity index (χ0n) is 7.56. The number of ether oxygens (including phenoxy) is 1. The third-order valence-electron chi connectivity index (χ3n) is 1.14. The van der Waals surface area contributed by atoms with Crippen molar-refractivity contribution < 1.29 is 17.7 Å². The SMILES string of the molecule is CN(C)C(=S)OCCCS(=O)(=O)O. The van der Waals surface area contributed by atoms with Crippen LogP contribution in [0, 0.1) is 0 Å². The van der Waals surface area contributed by atoms with Crippen molar-refractivity contribution in [3.8, 4) is 0 Å². The van der Waals surface area contributed by atoms with Crippen molar-refractivity contribution in [3.63, 3.8) is 0 Å². The van der Waals surface area contributed by atoms with Gasteiger partial charge in [0.2, 0.25) is 0 Å². The van der Waals surface area contributed by atoms with E-state index in [1.165, 1.54) is 0 Å². The first-order valence-electron chi connectivity index (χ1n) is 3.62. The minimum atomic E-state index is -3.88. The van der Waals surface area contributed by atoms with E-state index in [9.17, 15) is 8.42 Å². The zero-order valence-corrected chi connectivity index (χ0v) is 9.19. The van der Waals surface area contributed by atoms with Crippen molar-refractivity contribution in [2.75, 3.05) is 26.5 Å². The van der Waals surface area contributed by atoms with E-state index >= 15 is 0 Å². The molecule has 0 aromatic carbocycles. The van der Waals surface area contributed by atoms with Gasteiger partial charge in [-0.05, 0) is 18.6 Å². The largest absolute Gasteiger partial charge is 0.471 e. The Morgan fingerprint density at radius 3 is 2.46 bits per heavy atom. The second kappa shape index (κ2) is 5.36. The molecule has 1 N–H and O–H groups in total. The Hall–Kier alpha value is -0.400. The van der Waals surface area contributed by atoms with Gasteiger partial charge in [-0.3, -0.25) is 4.55 Å². The summed E-state index contributed by atoms with van der Waals surface area (Å²) in [7, 11) is -0.425. The standard InChI is InChI=1S/C6H13NO4S2/c1-7(2)6(12)11-4-3-5-13(8,9)10/h3-5H2,1-2H3,(H,8,9,10). The molecular weight excluding hydrogens is 214 g/mol. The maximum Gasteiger partial charge on any atom is 0.264 e. The van der Waals surface area contributed by atoms with E-state index in [-0.39, 0.29) is 18.8 Å². The Morgan fingerprint density at radius 2 is 2.08 bits per heavy atom. The van der Waals surface area contributed by atoms with Crippen molar-refractivity contribution in [1.29, 1.82) is 0 Å². The van der Waals surface area contributed by atoms with Gasteiger partial charge in [0.05, 0.1) is 12.4 Å². The second-order valence-corrected chi connectivity index (χ2v) is 4.57. The second-order valence-electron chi connectivity index (χ2n) is 2.65. The summed E-state index contributed by atoms with van der Waals surface area (Å²) in [5.74, 6) is -0.303. The van der Waals surface area contributed by atoms with Crippen LogP contribution in [0.2, 0.25) is 0 Å². The van der Waals surface area contributed by atoms with Crippen molar-refractivity contribution in [3.05, 3.63) is 0 Å². The van der Waals surface area contributed by atoms with Crippen molar-refractivity contribution in [1.82, 2.24) is 4.90 Å². The summed E-state index contributed by atoms with van der Waals surface area (Å²) < 4.78 is 33.9. The maximum absolute atomic E-state index is 10.3. The summed E-state index contributed by atoms with van der Waals surface area (Å²) >= 11 is 4.78. The van der Waals surface area contributed by atoms with Crippen LogP contribution in [-0.4, -0.2) is 49.5 Å². The molecule has 7 heteroatoms. The van der Waals surface area contributed by atoms with E-state index in [1.807, 2.05) is 0 Å². The Balaban J connectivity index is 3.53. The fraction of sp³-hybridized carbons (Fsp3) is 0.833. The van der Waals surface area contributed by atoms with Gasteiger partial charge in [0.15, 0.2) is 0 Å². The third-order valence-corrected chi connectivity index (χ3v) is 2.42. The van der Waals surface area contributed by atoms with Gasteiger partial charge in [-0.15, -0.1) is 0 Å². The number of hydrogen-bond acceptors (Lipinski definition) is 4. The molecule has 0 aromatic heterocycles. The lowest BCUT2D eigenvalue weighted by Gasteiger charge is -2.13. The molecule has 0 radical (unpaired) electrons. The van der Waals surface area contributed by atoms with E-state index < -0.39 is 10.1 Å². The van der Waals surface area contributed by atoms with Gasteiger partial charge in [0.25, 0.3) is 15.3 Å². The molecule has 0 saturated carbocycles. The first kappa shape index (κ1) is 12.6. The topological polar surface area (TPSA) is 66.8 Å². The number of hydrogen-bond donors (Lipinski definition) is 1.